The second-order valence-corrected chi connectivity index (χ2v) is 6.33. The number of carbonyl (C=O) groups excluding carboxylic acids is 2. The van der Waals surface area contributed by atoms with Gasteiger partial charge in [0.05, 0.1) is 24.5 Å². The van der Waals surface area contributed by atoms with Gasteiger partial charge < -0.3 is 9.47 Å². The Morgan fingerprint density at radius 3 is 2.83 bits per heavy atom. The van der Waals surface area contributed by atoms with Crippen LogP contribution in [0.25, 0.3) is 10.8 Å². The molecule has 3 atom stereocenters. The fourth-order valence-electron chi connectivity index (χ4n) is 3.95. The van der Waals surface area contributed by atoms with Crippen molar-refractivity contribution in [3.05, 3.63) is 48.0 Å². The minimum Gasteiger partial charge on any atom is -0.466 e. The number of benzene rings is 2. The van der Waals surface area contributed by atoms with Gasteiger partial charge in [-0.1, -0.05) is 42.5 Å². The van der Waals surface area contributed by atoms with Gasteiger partial charge in [-0.15, -0.1) is 0 Å². The highest BCUT2D eigenvalue weighted by molar-refractivity contribution is 5.94. The van der Waals surface area contributed by atoms with E-state index < -0.39 is 5.41 Å². The SMILES string of the molecule is CCOC(=O)[C@H]1C2COC(=O)C21Cc1ccc2ccccc2c1. The lowest BCUT2D eigenvalue weighted by molar-refractivity contribution is -0.154. The number of fused-ring (bicyclic) bond motifs is 2. The second-order valence-electron chi connectivity index (χ2n) is 6.33. The average molecular weight is 310 g/mol. The number of ether oxygens (including phenoxy) is 2. The molecule has 1 aliphatic carbocycles. The maximum absolute atomic E-state index is 12.3. The molecule has 0 N–H and O–H groups in total. The van der Waals surface area contributed by atoms with Crippen LogP contribution < -0.4 is 0 Å². The highest BCUT2D eigenvalue weighted by atomic mass is 16.6. The highest BCUT2D eigenvalue weighted by Gasteiger charge is 2.77. The molecule has 1 aliphatic heterocycles. The van der Waals surface area contributed by atoms with Gasteiger partial charge in [-0.2, -0.15) is 0 Å². The van der Waals surface area contributed by atoms with Crippen molar-refractivity contribution in [2.45, 2.75) is 13.3 Å². The van der Waals surface area contributed by atoms with Gasteiger partial charge in [0.2, 0.25) is 0 Å². The molecule has 0 spiro atoms. The third-order valence-corrected chi connectivity index (χ3v) is 5.13. The van der Waals surface area contributed by atoms with Crippen LogP contribution in [0.15, 0.2) is 42.5 Å². The van der Waals surface area contributed by atoms with Crippen LogP contribution >= 0.6 is 0 Å². The summed E-state index contributed by atoms with van der Waals surface area (Å²) >= 11 is 0. The molecule has 2 fully saturated rings. The van der Waals surface area contributed by atoms with Crippen molar-refractivity contribution in [3.63, 3.8) is 0 Å². The quantitative estimate of drug-likeness (QED) is 0.815. The fourth-order valence-corrected chi connectivity index (χ4v) is 3.95. The summed E-state index contributed by atoms with van der Waals surface area (Å²) in [6, 6.07) is 14.3. The van der Waals surface area contributed by atoms with Gasteiger partial charge >= 0.3 is 11.9 Å². The van der Waals surface area contributed by atoms with E-state index in [2.05, 4.69) is 24.3 Å². The Hall–Kier alpha value is -2.36. The summed E-state index contributed by atoms with van der Waals surface area (Å²) in [5.74, 6) is -0.917. The van der Waals surface area contributed by atoms with E-state index in [0.29, 0.717) is 19.6 Å². The van der Waals surface area contributed by atoms with Crippen LogP contribution in [-0.4, -0.2) is 25.2 Å². The first-order chi connectivity index (χ1) is 11.2. The summed E-state index contributed by atoms with van der Waals surface area (Å²) in [5, 5.41) is 2.30. The van der Waals surface area contributed by atoms with Crippen LogP contribution in [0.3, 0.4) is 0 Å². The zero-order valence-electron chi connectivity index (χ0n) is 13.0. The first-order valence-electron chi connectivity index (χ1n) is 7.98. The standard InChI is InChI=1S/C19H18O4/c1-2-22-17(20)16-15-11-23-18(21)19(15,16)10-12-7-8-13-5-3-4-6-14(13)9-12/h3-9,15-16H,2,10-11H2,1H3/t15?,16-,19?/m1/s1. The Bertz CT molecular complexity index is 797. The van der Waals surface area contributed by atoms with Crippen LogP contribution in [0.2, 0.25) is 0 Å². The number of cyclic esters (lactones) is 1. The van der Waals surface area contributed by atoms with E-state index in [4.69, 9.17) is 9.47 Å². The summed E-state index contributed by atoms with van der Waals surface area (Å²) < 4.78 is 10.3. The molecule has 23 heavy (non-hydrogen) atoms. The maximum Gasteiger partial charge on any atom is 0.313 e. The lowest BCUT2D eigenvalue weighted by Crippen LogP contribution is -2.25. The number of hydrogen-bond donors (Lipinski definition) is 0. The van der Waals surface area contributed by atoms with E-state index in [1.54, 1.807) is 6.92 Å². The topological polar surface area (TPSA) is 52.6 Å². The molecule has 2 unspecified atom stereocenters. The van der Waals surface area contributed by atoms with Crippen LogP contribution in [0.5, 0.6) is 0 Å². The zero-order valence-corrected chi connectivity index (χ0v) is 13.0. The van der Waals surface area contributed by atoms with Gasteiger partial charge in [-0.3, -0.25) is 9.59 Å². The predicted molar refractivity (Wildman–Crippen MR) is 84.7 cm³/mol. The lowest BCUT2D eigenvalue weighted by atomic mass is 9.92. The van der Waals surface area contributed by atoms with Crippen LogP contribution in [0, 0.1) is 17.3 Å². The molecule has 2 aliphatic rings. The van der Waals surface area contributed by atoms with Crippen LogP contribution in [-0.2, 0) is 25.5 Å². The third-order valence-electron chi connectivity index (χ3n) is 5.13. The zero-order chi connectivity index (χ0) is 16.0. The molecular weight excluding hydrogens is 292 g/mol. The molecule has 0 amide bonds. The Morgan fingerprint density at radius 1 is 1.26 bits per heavy atom. The summed E-state index contributed by atoms with van der Waals surface area (Å²) in [4.78, 5) is 24.4. The molecule has 2 aromatic carbocycles. The molecule has 0 bridgehead atoms. The molecular formula is C19H18O4. The summed E-state index contributed by atoms with van der Waals surface area (Å²) in [5.41, 5.74) is 0.341. The average Bonchev–Trinajstić information content (AvgIpc) is 3.10. The monoisotopic (exact) mass is 310 g/mol. The van der Waals surface area contributed by atoms with E-state index >= 15 is 0 Å². The lowest BCUT2D eigenvalue weighted by Gasteiger charge is -2.13. The van der Waals surface area contributed by atoms with Crippen molar-refractivity contribution in [1.82, 2.24) is 0 Å². The van der Waals surface area contributed by atoms with E-state index in [1.165, 1.54) is 0 Å². The molecule has 4 nitrogen and oxygen atoms in total. The number of rotatable bonds is 4. The Balaban J connectivity index is 1.65. The van der Waals surface area contributed by atoms with Crippen molar-refractivity contribution >= 4 is 22.7 Å². The van der Waals surface area contributed by atoms with Gasteiger partial charge in [0, 0.05) is 5.92 Å². The van der Waals surface area contributed by atoms with E-state index in [9.17, 15) is 9.59 Å². The van der Waals surface area contributed by atoms with E-state index in [-0.39, 0.29) is 23.8 Å². The number of hydrogen-bond acceptors (Lipinski definition) is 4. The molecule has 4 rings (SSSR count). The van der Waals surface area contributed by atoms with Crippen molar-refractivity contribution in [3.8, 4) is 0 Å². The number of esters is 2. The Kier molecular flexibility index (Phi) is 3.15. The Labute approximate surface area is 134 Å². The third kappa shape index (κ3) is 2.05. The minimum absolute atomic E-state index is 0.0412. The minimum atomic E-state index is -0.714. The molecule has 1 saturated heterocycles. The molecule has 0 radical (unpaired) electrons. The first-order valence-corrected chi connectivity index (χ1v) is 7.98. The largest absolute Gasteiger partial charge is 0.466 e. The molecule has 4 heteroatoms. The van der Waals surface area contributed by atoms with Crippen LogP contribution in [0.1, 0.15) is 12.5 Å². The second kappa shape index (κ2) is 5.08. The smallest absolute Gasteiger partial charge is 0.313 e. The van der Waals surface area contributed by atoms with E-state index in [1.807, 2.05) is 18.2 Å². The van der Waals surface area contributed by atoms with Crippen molar-refractivity contribution in [2.24, 2.45) is 17.3 Å². The molecule has 2 aromatic rings. The van der Waals surface area contributed by atoms with Crippen molar-refractivity contribution in [1.29, 1.82) is 0 Å². The summed E-state index contributed by atoms with van der Waals surface area (Å²) in [6.45, 7) is 2.45. The van der Waals surface area contributed by atoms with Crippen LogP contribution in [0.4, 0.5) is 0 Å². The van der Waals surface area contributed by atoms with E-state index in [0.717, 1.165) is 16.3 Å². The van der Waals surface area contributed by atoms with Gasteiger partial charge in [-0.25, -0.2) is 0 Å². The molecule has 0 aromatic heterocycles. The molecule has 1 saturated carbocycles. The van der Waals surface area contributed by atoms with Gasteiger partial charge in [0.15, 0.2) is 0 Å². The summed E-state index contributed by atoms with van der Waals surface area (Å²) in [6.07, 6.45) is 0.533. The normalized spacial score (nSPS) is 28.3. The predicted octanol–water partition coefficient (Wildman–Crippen LogP) is 2.73. The maximum atomic E-state index is 12.3. The Morgan fingerprint density at radius 2 is 2.04 bits per heavy atom. The summed E-state index contributed by atoms with van der Waals surface area (Å²) in [7, 11) is 0. The van der Waals surface area contributed by atoms with Gasteiger partial charge in [0.25, 0.3) is 0 Å². The highest BCUT2D eigenvalue weighted by Crippen LogP contribution is 2.65. The van der Waals surface area contributed by atoms with Gasteiger partial charge in [0.1, 0.15) is 0 Å². The van der Waals surface area contributed by atoms with Crippen molar-refractivity contribution in [2.75, 3.05) is 13.2 Å². The van der Waals surface area contributed by atoms with Crippen molar-refractivity contribution < 1.29 is 19.1 Å². The molecule has 1 heterocycles. The van der Waals surface area contributed by atoms with Gasteiger partial charge in [-0.05, 0) is 29.7 Å². The number of carbonyl (C=O) groups is 2. The molecule has 118 valence electrons. The fraction of sp³-hybridized carbons (Fsp3) is 0.368. The first kappa shape index (κ1) is 14.2.